The summed E-state index contributed by atoms with van der Waals surface area (Å²) in [6.07, 6.45) is 7.52. The fourth-order valence-electron chi connectivity index (χ4n) is 3.87. The van der Waals surface area contributed by atoms with Crippen molar-refractivity contribution in [2.24, 2.45) is 5.92 Å². The Bertz CT molecular complexity index is 1120. The van der Waals surface area contributed by atoms with Gasteiger partial charge in [-0.2, -0.15) is 0 Å². The van der Waals surface area contributed by atoms with Gasteiger partial charge in [0.25, 0.3) is 11.5 Å². The number of amides is 1. The van der Waals surface area contributed by atoms with Crippen LogP contribution in [0.5, 0.6) is 0 Å². The lowest BCUT2D eigenvalue weighted by Gasteiger charge is -2.20. The summed E-state index contributed by atoms with van der Waals surface area (Å²) >= 11 is 7.17. The van der Waals surface area contributed by atoms with E-state index >= 15 is 0 Å². The first kappa shape index (κ1) is 20.5. The van der Waals surface area contributed by atoms with Crippen molar-refractivity contribution < 1.29 is 9.59 Å². The summed E-state index contributed by atoms with van der Waals surface area (Å²) in [7, 11) is 0. The number of hydrogen-bond donors (Lipinski definition) is 1. The minimum atomic E-state index is -0.229. The monoisotopic (exact) mass is 441 g/mol. The molecule has 4 rings (SSSR count). The van der Waals surface area contributed by atoms with Gasteiger partial charge in [0.2, 0.25) is 0 Å². The molecule has 1 fully saturated rings. The van der Waals surface area contributed by atoms with E-state index in [2.05, 4.69) is 10.3 Å². The van der Waals surface area contributed by atoms with Gasteiger partial charge in [0.1, 0.15) is 0 Å². The highest BCUT2D eigenvalue weighted by atomic mass is 35.5. The van der Waals surface area contributed by atoms with E-state index in [1.807, 2.05) is 0 Å². The molecule has 6 nitrogen and oxygen atoms in total. The molecule has 2 heterocycles. The highest BCUT2D eigenvalue weighted by molar-refractivity contribution is 7.18. The van der Waals surface area contributed by atoms with E-state index in [9.17, 15) is 14.4 Å². The molecule has 1 amide bonds. The van der Waals surface area contributed by atoms with Crippen LogP contribution in [0.15, 0.2) is 59.8 Å². The maximum atomic E-state index is 12.8. The van der Waals surface area contributed by atoms with Gasteiger partial charge in [-0.05, 0) is 55.2 Å². The Hall–Kier alpha value is -2.77. The predicted octanol–water partition coefficient (Wildman–Crippen LogP) is 4.12. The van der Waals surface area contributed by atoms with Crippen LogP contribution in [0.4, 0.5) is 0 Å². The van der Waals surface area contributed by atoms with Crippen LogP contribution in [0.3, 0.4) is 0 Å². The number of Topliss-reactive ketones (excluding diaryl/α,β-unsaturated/α-hetero) is 1. The Labute approximate surface area is 182 Å². The first-order valence-corrected chi connectivity index (χ1v) is 10.9. The molecule has 0 spiro atoms. The summed E-state index contributed by atoms with van der Waals surface area (Å²) in [6.45, 7) is 0. The highest BCUT2D eigenvalue weighted by Gasteiger charge is 2.31. The zero-order valence-electron chi connectivity index (χ0n) is 16.1. The van der Waals surface area contributed by atoms with Gasteiger partial charge in [-0.15, -0.1) is 11.3 Å². The molecule has 1 aliphatic rings. The van der Waals surface area contributed by atoms with Crippen molar-refractivity contribution in [3.63, 3.8) is 0 Å². The second-order valence-electron chi connectivity index (χ2n) is 7.33. The number of halogens is 1. The molecule has 0 saturated heterocycles. The smallest absolute Gasteiger partial charge is 0.273 e. The van der Waals surface area contributed by atoms with Crippen molar-refractivity contribution in [3.05, 3.63) is 80.1 Å². The average Bonchev–Trinajstić information content (AvgIpc) is 3.37. The first-order chi connectivity index (χ1) is 14.5. The van der Waals surface area contributed by atoms with Crippen LogP contribution < -0.4 is 10.9 Å². The number of aromatic nitrogens is 2. The standard InChI is InChI=1S/C22H20ClN3O3S/c23-20-9-8-19(30-20)22(29)25-17-3-1-2-15(17)12-18(27)14-4-6-16(7-5-14)26-11-10-24-13-21(26)28/h4-11,13,15,17H,1-3,12H2,(H,25,29). The maximum Gasteiger partial charge on any atom is 0.273 e. The lowest BCUT2D eigenvalue weighted by molar-refractivity contribution is 0.0899. The molecular weight excluding hydrogens is 422 g/mol. The summed E-state index contributed by atoms with van der Waals surface area (Å²) in [5.41, 5.74) is 1.05. The van der Waals surface area contributed by atoms with E-state index < -0.39 is 0 Å². The molecular formula is C22H20ClN3O3S. The Balaban J connectivity index is 1.41. The van der Waals surface area contributed by atoms with Gasteiger partial charge in [-0.25, -0.2) is 0 Å². The second-order valence-corrected chi connectivity index (χ2v) is 9.05. The molecule has 1 saturated carbocycles. The topological polar surface area (TPSA) is 81.1 Å². The van der Waals surface area contributed by atoms with Crippen LogP contribution >= 0.6 is 22.9 Å². The van der Waals surface area contributed by atoms with Gasteiger partial charge >= 0.3 is 0 Å². The fourth-order valence-corrected chi connectivity index (χ4v) is 4.82. The average molecular weight is 442 g/mol. The zero-order chi connectivity index (χ0) is 21.1. The minimum Gasteiger partial charge on any atom is -0.348 e. The van der Waals surface area contributed by atoms with Crippen molar-refractivity contribution >= 4 is 34.6 Å². The molecule has 1 aromatic carbocycles. The van der Waals surface area contributed by atoms with Gasteiger partial charge in [0.15, 0.2) is 5.78 Å². The second kappa shape index (κ2) is 8.93. The maximum absolute atomic E-state index is 12.8. The van der Waals surface area contributed by atoms with Crippen molar-refractivity contribution in [1.82, 2.24) is 14.9 Å². The van der Waals surface area contributed by atoms with E-state index in [1.54, 1.807) is 48.8 Å². The first-order valence-electron chi connectivity index (χ1n) is 9.74. The van der Waals surface area contributed by atoms with Crippen LogP contribution in [0.1, 0.15) is 45.7 Å². The van der Waals surface area contributed by atoms with Gasteiger partial charge in [0.05, 0.1) is 15.4 Å². The molecule has 0 radical (unpaired) electrons. The SMILES string of the molecule is O=C(CC1CCCC1NC(=O)c1ccc(Cl)s1)c1ccc(-n2ccncc2=O)cc1. The van der Waals surface area contributed by atoms with Crippen molar-refractivity contribution in [1.29, 1.82) is 0 Å². The number of nitrogens with one attached hydrogen (secondary N) is 1. The number of thiophene rings is 1. The van der Waals surface area contributed by atoms with Crippen LogP contribution in [-0.4, -0.2) is 27.3 Å². The number of rotatable bonds is 6. The van der Waals surface area contributed by atoms with Gasteiger partial charge in [0, 0.05) is 36.1 Å². The highest BCUT2D eigenvalue weighted by Crippen LogP contribution is 2.30. The summed E-state index contributed by atoms with van der Waals surface area (Å²) in [5, 5.41) is 3.07. The molecule has 154 valence electrons. The molecule has 2 atom stereocenters. The largest absolute Gasteiger partial charge is 0.348 e. The summed E-state index contributed by atoms with van der Waals surface area (Å²) < 4.78 is 2.05. The van der Waals surface area contributed by atoms with Crippen molar-refractivity contribution in [3.8, 4) is 5.69 Å². The molecule has 2 unspecified atom stereocenters. The Kier molecular flexibility index (Phi) is 6.11. The summed E-state index contributed by atoms with van der Waals surface area (Å²) in [6, 6.07) is 10.4. The molecule has 1 N–H and O–H groups in total. The third-order valence-corrected chi connectivity index (χ3v) is 6.64. The quantitative estimate of drug-likeness (QED) is 0.583. The van der Waals surface area contributed by atoms with E-state index in [-0.39, 0.29) is 29.2 Å². The number of hydrogen-bond acceptors (Lipinski definition) is 5. The number of carbonyl (C=O) groups is 2. The summed E-state index contributed by atoms with van der Waals surface area (Å²) in [4.78, 5) is 41.5. The Morgan fingerprint density at radius 1 is 1.17 bits per heavy atom. The number of nitrogens with zero attached hydrogens (tertiary/aromatic N) is 2. The van der Waals surface area contributed by atoms with E-state index in [0.29, 0.717) is 26.9 Å². The van der Waals surface area contributed by atoms with E-state index in [0.717, 1.165) is 19.3 Å². The van der Waals surface area contributed by atoms with Gasteiger partial charge < -0.3 is 5.32 Å². The Morgan fingerprint density at radius 2 is 1.97 bits per heavy atom. The molecule has 0 aliphatic heterocycles. The van der Waals surface area contributed by atoms with Crippen molar-refractivity contribution in [2.75, 3.05) is 0 Å². The lowest BCUT2D eigenvalue weighted by Crippen LogP contribution is -2.37. The summed E-state index contributed by atoms with van der Waals surface area (Å²) in [5.74, 6) is 0.0108. The molecule has 2 aromatic heterocycles. The predicted molar refractivity (Wildman–Crippen MR) is 117 cm³/mol. The van der Waals surface area contributed by atoms with Gasteiger partial charge in [-0.1, -0.05) is 18.0 Å². The minimum absolute atomic E-state index is 0.0167. The van der Waals surface area contributed by atoms with E-state index in [4.69, 9.17) is 11.6 Å². The lowest BCUT2D eigenvalue weighted by atomic mass is 9.93. The third kappa shape index (κ3) is 4.52. The van der Waals surface area contributed by atoms with Crippen molar-refractivity contribution in [2.45, 2.75) is 31.7 Å². The molecule has 0 bridgehead atoms. The molecule has 1 aliphatic carbocycles. The van der Waals surface area contributed by atoms with E-state index in [1.165, 1.54) is 22.1 Å². The number of ketones is 1. The van der Waals surface area contributed by atoms with Crippen LogP contribution in [0.2, 0.25) is 4.34 Å². The molecule has 3 aromatic rings. The zero-order valence-corrected chi connectivity index (χ0v) is 17.7. The number of benzene rings is 1. The van der Waals surface area contributed by atoms with Gasteiger partial charge in [-0.3, -0.25) is 23.9 Å². The fraction of sp³-hybridized carbons (Fsp3) is 0.273. The third-order valence-electron chi connectivity index (χ3n) is 5.41. The number of carbonyl (C=O) groups excluding carboxylic acids is 2. The van der Waals surface area contributed by atoms with Crippen LogP contribution in [-0.2, 0) is 0 Å². The molecule has 30 heavy (non-hydrogen) atoms. The normalized spacial score (nSPS) is 18.3. The van der Waals surface area contributed by atoms with Crippen LogP contribution in [0, 0.1) is 5.92 Å². The molecule has 8 heteroatoms. The van der Waals surface area contributed by atoms with Crippen LogP contribution in [0.25, 0.3) is 5.69 Å². The Morgan fingerprint density at radius 3 is 2.67 bits per heavy atom.